The largest absolute Gasteiger partial charge is 0.357 e. The van der Waals surface area contributed by atoms with Crippen molar-refractivity contribution in [2.24, 2.45) is 4.99 Å². The van der Waals surface area contributed by atoms with Crippen molar-refractivity contribution in [3.05, 3.63) is 22.4 Å². The first-order chi connectivity index (χ1) is 11.7. The molecule has 0 aliphatic heterocycles. The van der Waals surface area contributed by atoms with Gasteiger partial charge in [-0.25, -0.2) is 0 Å². The minimum absolute atomic E-state index is 0. The highest BCUT2D eigenvalue weighted by Gasteiger charge is 2.16. The molecule has 0 spiro atoms. The molecule has 2 N–H and O–H groups in total. The summed E-state index contributed by atoms with van der Waals surface area (Å²) in [5, 5.41) is 8.53. The van der Waals surface area contributed by atoms with Crippen LogP contribution in [0.25, 0.3) is 0 Å². The first kappa shape index (κ1) is 22.2. The highest BCUT2D eigenvalue weighted by Crippen LogP contribution is 2.17. The van der Waals surface area contributed by atoms with Gasteiger partial charge in [0.25, 0.3) is 0 Å². The molecule has 0 bridgehead atoms. The smallest absolute Gasteiger partial charge is 0.222 e. The first-order valence-electron chi connectivity index (χ1n) is 9.00. The number of nitrogens with one attached hydrogen (secondary N) is 2. The summed E-state index contributed by atoms with van der Waals surface area (Å²) in [6.45, 7) is 4.34. The lowest BCUT2D eigenvalue weighted by Crippen LogP contribution is -2.40. The van der Waals surface area contributed by atoms with Crippen LogP contribution in [0, 0.1) is 0 Å². The number of rotatable bonds is 8. The van der Waals surface area contributed by atoms with Crippen LogP contribution in [0.3, 0.4) is 0 Å². The van der Waals surface area contributed by atoms with E-state index in [4.69, 9.17) is 0 Å². The lowest BCUT2D eigenvalue weighted by atomic mass is 10.2. The van der Waals surface area contributed by atoms with E-state index in [0.29, 0.717) is 19.0 Å². The van der Waals surface area contributed by atoms with E-state index in [0.717, 1.165) is 38.3 Å². The van der Waals surface area contributed by atoms with Gasteiger partial charge in [-0.05, 0) is 37.6 Å². The van der Waals surface area contributed by atoms with Crippen molar-refractivity contribution >= 4 is 47.2 Å². The molecule has 0 saturated heterocycles. The summed E-state index contributed by atoms with van der Waals surface area (Å²) >= 11 is 1.79. The molecule has 2 rings (SSSR count). The number of halogens is 1. The fraction of sp³-hybridized carbons (Fsp3) is 0.667. The van der Waals surface area contributed by atoms with Gasteiger partial charge >= 0.3 is 0 Å². The maximum absolute atomic E-state index is 12.0. The third kappa shape index (κ3) is 8.40. The molecule has 0 unspecified atom stereocenters. The lowest BCUT2D eigenvalue weighted by Gasteiger charge is -2.21. The molecule has 1 heterocycles. The number of likely N-dealkylation sites (N-methyl/N-ethyl adjacent to an activating group) is 1. The van der Waals surface area contributed by atoms with Gasteiger partial charge in [0.1, 0.15) is 0 Å². The topological polar surface area (TPSA) is 56.7 Å². The van der Waals surface area contributed by atoms with E-state index in [1.807, 2.05) is 7.05 Å². The fourth-order valence-electron chi connectivity index (χ4n) is 2.94. The Morgan fingerprint density at radius 1 is 1.40 bits per heavy atom. The van der Waals surface area contributed by atoms with Crippen LogP contribution >= 0.6 is 35.3 Å². The van der Waals surface area contributed by atoms with Crippen LogP contribution in [0.5, 0.6) is 0 Å². The summed E-state index contributed by atoms with van der Waals surface area (Å²) in [4.78, 5) is 20.1. The molecule has 1 aromatic rings. The van der Waals surface area contributed by atoms with E-state index < -0.39 is 0 Å². The fourth-order valence-corrected chi connectivity index (χ4v) is 3.64. The summed E-state index contributed by atoms with van der Waals surface area (Å²) in [6.07, 6.45) is 6.21. The molecule has 0 aromatic carbocycles. The quantitative estimate of drug-likeness (QED) is 0.343. The van der Waals surface area contributed by atoms with Crippen LogP contribution in [0.1, 0.15) is 43.9 Å². The summed E-state index contributed by atoms with van der Waals surface area (Å²) in [6, 6.07) is 4.64. The number of thiophene rings is 1. The third-order valence-electron chi connectivity index (χ3n) is 4.29. The Balaban J connectivity index is 0.00000312. The van der Waals surface area contributed by atoms with Crippen LogP contribution in [0.2, 0.25) is 0 Å². The molecule has 0 radical (unpaired) electrons. The molecular weight excluding hydrogens is 447 g/mol. The Morgan fingerprint density at radius 2 is 2.16 bits per heavy atom. The number of nitrogens with zero attached hydrogens (tertiary/aromatic N) is 2. The van der Waals surface area contributed by atoms with Crippen LogP contribution in [0.4, 0.5) is 0 Å². The van der Waals surface area contributed by atoms with Gasteiger partial charge in [-0.3, -0.25) is 9.79 Å². The maximum Gasteiger partial charge on any atom is 0.222 e. The molecular formula is C18H31IN4OS. The Hall–Kier alpha value is -0.830. The van der Waals surface area contributed by atoms with Gasteiger partial charge in [-0.1, -0.05) is 18.9 Å². The van der Waals surface area contributed by atoms with E-state index in [9.17, 15) is 4.79 Å². The molecule has 1 aromatic heterocycles. The zero-order chi connectivity index (χ0) is 17.2. The Labute approximate surface area is 172 Å². The van der Waals surface area contributed by atoms with Crippen molar-refractivity contribution in [3.63, 3.8) is 0 Å². The Bertz CT molecular complexity index is 515. The van der Waals surface area contributed by atoms with Crippen molar-refractivity contribution in [2.75, 3.05) is 26.7 Å². The summed E-state index contributed by atoms with van der Waals surface area (Å²) in [5.41, 5.74) is 0. The van der Waals surface area contributed by atoms with Gasteiger partial charge in [0.05, 0.1) is 6.54 Å². The van der Waals surface area contributed by atoms with E-state index in [-0.39, 0.29) is 29.9 Å². The number of hydrogen-bond donors (Lipinski definition) is 2. The van der Waals surface area contributed by atoms with Crippen LogP contribution in [0.15, 0.2) is 22.5 Å². The van der Waals surface area contributed by atoms with Gasteiger partial charge in [0.2, 0.25) is 5.91 Å². The predicted octanol–water partition coefficient (Wildman–Crippen LogP) is 3.25. The standard InChI is InChI=1S/C18H30N4OS.HI/c1-3-19-18(22(2)13-11-16-9-6-14-24-16)20-12-10-17(23)21-15-7-4-5-8-15;/h6,9,14-15H,3-5,7-8,10-13H2,1-2H3,(H,19,20)(H,21,23);1H. The van der Waals surface area contributed by atoms with Crippen molar-refractivity contribution in [1.82, 2.24) is 15.5 Å². The molecule has 0 atom stereocenters. The first-order valence-corrected chi connectivity index (χ1v) is 9.88. The van der Waals surface area contributed by atoms with E-state index in [2.05, 4.69) is 45.0 Å². The SMILES string of the molecule is CCNC(=NCCC(=O)NC1CCCC1)N(C)CCc1cccs1.I. The van der Waals surface area contributed by atoms with E-state index >= 15 is 0 Å². The number of carbonyl (C=O) groups is 1. The van der Waals surface area contributed by atoms with Crippen LogP contribution < -0.4 is 10.6 Å². The number of guanidine groups is 1. The normalized spacial score (nSPS) is 14.9. The van der Waals surface area contributed by atoms with Gasteiger partial charge in [0, 0.05) is 37.5 Å². The van der Waals surface area contributed by atoms with E-state index in [1.165, 1.54) is 17.7 Å². The zero-order valence-electron chi connectivity index (χ0n) is 15.3. The molecule has 25 heavy (non-hydrogen) atoms. The maximum atomic E-state index is 12.0. The number of carbonyl (C=O) groups excluding carboxylic acids is 1. The van der Waals surface area contributed by atoms with Crippen molar-refractivity contribution in [2.45, 2.75) is 51.5 Å². The summed E-state index contributed by atoms with van der Waals surface area (Å²) < 4.78 is 0. The second kappa shape index (κ2) is 12.5. The molecule has 5 nitrogen and oxygen atoms in total. The van der Waals surface area contributed by atoms with Gasteiger partial charge in [-0.15, -0.1) is 35.3 Å². The van der Waals surface area contributed by atoms with Crippen molar-refractivity contribution in [3.8, 4) is 0 Å². The van der Waals surface area contributed by atoms with Crippen molar-refractivity contribution < 1.29 is 4.79 Å². The number of hydrogen-bond acceptors (Lipinski definition) is 3. The molecule has 1 saturated carbocycles. The molecule has 1 fully saturated rings. The van der Waals surface area contributed by atoms with Gasteiger partial charge in [-0.2, -0.15) is 0 Å². The molecule has 1 aliphatic rings. The summed E-state index contributed by atoms with van der Waals surface area (Å²) in [7, 11) is 2.05. The summed E-state index contributed by atoms with van der Waals surface area (Å²) in [5.74, 6) is 1.01. The minimum Gasteiger partial charge on any atom is -0.357 e. The molecule has 1 aliphatic carbocycles. The number of amides is 1. The Kier molecular flexibility index (Phi) is 11.1. The zero-order valence-corrected chi connectivity index (χ0v) is 18.4. The highest BCUT2D eigenvalue weighted by atomic mass is 127. The monoisotopic (exact) mass is 478 g/mol. The average molecular weight is 478 g/mol. The van der Waals surface area contributed by atoms with Gasteiger partial charge < -0.3 is 15.5 Å². The third-order valence-corrected chi connectivity index (χ3v) is 5.23. The second-order valence-corrected chi connectivity index (χ2v) is 7.32. The highest BCUT2D eigenvalue weighted by molar-refractivity contribution is 14.0. The number of aliphatic imine (C=N–C) groups is 1. The Morgan fingerprint density at radius 3 is 2.80 bits per heavy atom. The molecule has 142 valence electrons. The minimum atomic E-state index is 0. The average Bonchev–Trinajstić information content (AvgIpc) is 3.25. The second-order valence-electron chi connectivity index (χ2n) is 6.29. The predicted molar refractivity (Wildman–Crippen MR) is 117 cm³/mol. The van der Waals surface area contributed by atoms with Crippen LogP contribution in [-0.2, 0) is 11.2 Å². The molecule has 1 amide bonds. The van der Waals surface area contributed by atoms with Crippen LogP contribution in [-0.4, -0.2) is 49.5 Å². The lowest BCUT2D eigenvalue weighted by molar-refractivity contribution is -0.121. The molecule has 7 heteroatoms. The van der Waals surface area contributed by atoms with Gasteiger partial charge in [0.15, 0.2) is 5.96 Å². The van der Waals surface area contributed by atoms with Crippen molar-refractivity contribution in [1.29, 1.82) is 0 Å². The van der Waals surface area contributed by atoms with E-state index in [1.54, 1.807) is 11.3 Å².